The normalized spacial score (nSPS) is 10.4. The summed E-state index contributed by atoms with van der Waals surface area (Å²) in [4.78, 5) is 23.8. The van der Waals surface area contributed by atoms with E-state index < -0.39 is 12.1 Å². The molecule has 0 spiro atoms. The number of amides is 1. The molecule has 0 aliphatic carbocycles. The van der Waals surface area contributed by atoms with E-state index in [0.29, 0.717) is 26.1 Å². The SMILES string of the molecule is CN(CCCC(=O)O)CCNC(=O)OCc1ccccc1. The standard InChI is InChI=1S/C15H22N2O4/c1-17(10-5-8-14(18)19)11-9-16-15(20)21-12-13-6-3-2-4-7-13/h2-4,6-7H,5,8-12H2,1H3,(H,16,20)(H,18,19). The zero-order chi connectivity index (χ0) is 15.5. The average Bonchev–Trinajstić information content (AvgIpc) is 2.46. The summed E-state index contributed by atoms with van der Waals surface area (Å²) in [6.07, 6.45) is 0.319. The zero-order valence-electron chi connectivity index (χ0n) is 12.2. The molecule has 1 rings (SSSR count). The van der Waals surface area contributed by atoms with E-state index in [2.05, 4.69) is 5.32 Å². The van der Waals surface area contributed by atoms with Crippen molar-refractivity contribution in [3.05, 3.63) is 35.9 Å². The average molecular weight is 294 g/mol. The van der Waals surface area contributed by atoms with Crippen molar-refractivity contribution < 1.29 is 19.4 Å². The summed E-state index contributed by atoms with van der Waals surface area (Å²) in [6.45, 7) is 2.06. The number of nitrogens with one attached hydrogen (secondary N) is 1. The van der Waals surface area contributed by atoms with E-state index >= 15 is 0 Å². The van der Waals surface area contributed by atoms with Gasteiger partial charge in [0.2, 0.25) is 0 Å². The smallest absolute Gasteiger partial charge is 0.407 e. The van der Waals surface area contributed by atoms with Gasteiger partial charge in [-0.1, -0.05) is 30.3 Å². The number of alkyl carbamates (subject to hydrolysis) is 1. The van der Waals surface area contributed by atoms with Crippen LogP contribution in [0.4, 0.5) is 4.79 Å². The van der Waals surface area contributed by atoms with Crippen LogP contribution in [0.5, 0.6) is 0 Å². The molecule has 116 valence electrons. The van der Waals surface area contributed by atoms with Crippen LogP contribution in [-0.4, -0.2) is 48.8 Å². The van der Waals surface area contributed by atoms with Gasteiger partial charge in [-0.3, -0.25) is 4.79 Å². The first-order chi connectivity index (χ1) is 10.1. The lowest BCUT2D eigenvalue weighted by Crippen LogP contribution is -2.33. The topological polar surface area (TPSA) is 78.9 Å². The van der Waals surface area contributed by atoms with Crippen LogP contribution in [0.2, 0.25) is 0 Å². The summed E-state index contributed by atoms with van der Waals surface area (Å²) in [5.74, 6) is -0.786. The van der Waals surface area contributed by atoms with Gasteiger partial charge in [-0.05, 0) is 25.6 Å². The summed E-state index contributed by atoms with van der Waals surface area (Å²) in [7, 11) is 1.89. The minimum Gasteiger partial charge on any atom is -0.481 e. The molecule has 0 heterocycles. The zero-order valence-corrected chi connectivity index (χ0v) is 12.2. The Morgan fingerprint density at radius 2 is 1.95 bits per heavy atom. The summed E-state index contributed by atoms with van der Waals surface area (Å²) < 4.78 is 5.08. The van der Waals surface area contributed by atoms with Crippen molar-refractivity contribution in [3.63, 3.8) is 0 Å². The predicted molar refractivity (Wildman–Crippen MR) is 79.0 cm³/mol. The minimum absolute atomic E-state index is 0.164. The molecule has 0 fully saturated rings. The highest BCUT2D eigenvalue weighted by Gasteiger charge is 2.04. The van der Waals surface area contributed by atoms with Crippen molar-refractivity contribution >= 4 is 12.1 Å². The molecule has 21 heavy (non-hydrogen) atoms. The second-order valence-electron chi connectivity index (χ2n) is 4.79. The Hall–Kier alpha value is -2.08. The summed E-state index contributed by atoms with van der Waals surface area (Å²) >= 11 is 0. The third-order valence-electron chi connectivity index (χ3n) is 2.91. The van der Waals surface area contributed by atoms with Crippen molar-refractivity contribution in [3.8, 4) is 0 Å². The molecule has 6 nitrogen and oxygen atoms in total. The molecule has 0 saturated heterocycles. The van der Waals surface area contributed by atoms with E-state index in [0.717, 1.165) is 5.56 Å². The molecule has 1 aromatic carbocycles. The maximum absolute atomic E-state index is 11.5. The second kappa shape index (κ2) is 9.77. The fourth-order valence-corrected chi connectivity index (χ4v) is 1.73. The number of likely N-dealkylation sites (N-methyl/N-ethyl adjacent to an activating group) is 1. The molecule has 0 aliphatic heterocycles. The van der Waals surface area contributed by atoms with Gasteiger partial charge in [-0.25, -0.2) is 4.79 Å². The number of rotatable bonds is 9. The van der Waals surface area contributed by atoms with Gasteiger partial charge >= 0.3 is 12.1 Å². The molecule has 1 aromatic rings. The molecule has 0 radical (unpaired) electrons. The Morgan fingerprint density at radius 1 is 1.24 bits per heavy atom. The number of hydrogen-bond acceptors (Lipinski definition) is 4. The number of carbonyl (C=O) groups is 2. The third-order valence-corrected chi connectivity index (χ3v) is 2.91. The number of aliphatic carboxylic acids is 1. The summed E-state index contributed by atoms with van der Waals surface area (Å²) in [5, 5.41) is 11.2. The Kier molecular flexibility index (Phi) is 7.89. The summed E-state index contributed by atoms with van der Waals surface area (Å²) in [6, 6.07) is 9.47. The molecule has 6 heteroatoms. The van der Waals surface area contributed by atoms with E-state index in [1.807, 2.05) is 42.3 Å². The maximum Gasteiger partial charge on any atom is 0.407 e. The van der Waals surface area contributed by atoms with Crippen molar-refractivity contribution in [1.82, 2.24) is 10.2 Å². The lowest BCUT2D eigenvalue weighted by atomic mass is 10.2. The predicted octanol–water partition coefficient (Wildman–Crippen LogP) is 1.71. The van der Waals surface area contributed by atoms with Crippen LogP contribution in [-0.2, 0) is 16.1 Å². The van der Waals surface area contributed by atoms with E-state index in [1.54, 1.807) is 0 Å². The summed E-state index contributed by atoms with van der Waals surface area (Å²) in [5.41, 5.74) is 0.943. The van der Waals surface area contributed by atoms with Crippen molar-refractivity contribution in [2.75, 3.05) is 26.7 Å². The third kappa shape index (κ3) is 8.65. The molecule has 0 saturated carbocycles. The lowest BCUT2D eigenvalue weighted by molar-refractivity contribution is -0.137. The molecule has 0 atom stereocenters. The van der Waals surface area contributed by atoms with Gasteiger partial charge in [-0.15, -0.1) is 0 Å². The van der Waals surface area contributed by atoms with Gasteiger partial charge in [0.1, 0.15) is 6.61 Å². The van der Waals surface area contributed by atoms with Crippen molar-refractivity contribution in [1.29, 1.82) is 0 Å². The number of nitrogens with zero attached hydrogens (tertiary/aromatic N) is 1. The van der Waals surface area contributed by atoms with Gasteiger partial charge in [0.15, 0.2) is 0 Å². The van der Waals surface area contributed by atoms with Crippen LogP contribution in [0.15, 0.2) is 30.3 Å². The van der Waals surface area contributed by atoms with Gasteiger partial charge in [0.05, 0.1) is 0 Å². The van der Waals surface area contributed by atoms with Crippen LogP contribution < -0.4 is 5.32 Å². The molecule has 1 amide bonds. The number of carboxylic acids is 1. The second-order valence-corrected chi connectivity index (χ2v) is 4.79. The van der Waals surface area contributed by atoms with Crippen LogP contribution in [0.1, 0.15) is 18.4 Å². The van der Waals surface area contributed by atoms with E-state index in [1.165, 1.54) is 0 Å². The molecule has 0 bridgehead atoms. The first-order valence-electron chi connectivity index (χ1n) is 6.93. The number of hydrogen-bond donors (Lipinski definition) is 2. The van der Waals surface area contributed by atoms with E-state index in [-0.39, 0.29) is 13.0 Å². The molecular weight excluding hydrogens is 272 g/mol. The molecule has 0 unspecified atom stereocenters. The number of ether oxygens (including phenoxy) is 1. The highest BCUT2D eigenvalue weighted by molar-refractivity contribution is 5.67. The molecular formula is C15H22N2O4. The van der Waals surface area contributed by atoms with Crippen molar-refractivity contribution in [2.45, 2.75) is 19.4 Å². The first kappa shape index (κ1) is 17.0. The molecule has 2 N–H and O–H groups in total. The van der Waals surface area contributed by atoms with E-state index in [9.17, 15) is 9.59 Å². The van der Waals surface area contributed by atoms with Crippen LogP contribution >= 0.6 is 0 Å². The Labute approximate surface area is 124 Å². The Morgan fingerprint density at radius 3 is 2.62 bits per heavy atom. The number of benzene rings is 1. The van der Waals surface area contributed by atoms with Crippen LogP contribution in [0.3, 0.4) is 0 Å². The number of carbonyl (C=O) groups excluding carboxylic acids is 1. The van der Waals surface area contributed by atoms with Gasteiger partial charge in [-0.2, -0.15) is 0 Å². The quantitative estimate of drug-likeness (QED) is 0.725. The van der Waals surface area contributed by atoms with Gasteiger partial charge in [0.25, 0.3) is 0 Å². The van der Waals surface area contributed by atoms with Crippen molar-refractivity contribution in [2.24, 2.45) is 0 Å². The molecule has 0 aliphatic rings. The molecule has 0 aromatic heterocycles. The fourth-order valence-electron chi connectivity index (χ4n) is 1.73. The lowest BCUT2D eigenvalue weighted by Gasteiger charge is -2.16. The van der Waals surface area contributed by atoms with Crippen LogP contribution in [0, 0.1) is 0 Å². The van der Waals surface area contributed by atoms with Gasteiger partial charge < -0.3 is 20.1 Å². The minimum atomic E-state index is -0.786. The largest absolute Gasteiger partial charge is 0.481 e. The Balaban J connectivity index is 2.06. The fraction of sp³-hybridized carbons (Fsp3) is 0.467. The first-order valence-corrected chi connectivity index (χ1v) is 6.93. The Bertz CT molecular complexity index is 437. The highest BCUT2D eigenvalue weighted by atomic mass is 16.5. The van der Waals surface area contributed by atoms with Crippen LogP contribution in [0.25, 0.3) is 0 Å². The maximum atomic E-state index is 11.5. The van der Waals surface area contributed by atoms with Gasteiger partial charge in [0, 0.05) is 19.5 Å². The van der Waals surface area contributed by atoms with E-state index in [4.69, 9.17) is 9.84 Å². The monoisotopic (exact) mass is 294 g/mol. The number of carboxylic acid groups (broad SMARTS) is 1. The highest BCUT2D eigenvalue weighted by Crippen LogP contribution is 2.00.